The summed E-state index contributed by atoms with van der Waals surface area (Å²) in [6.45, 7) is 2.06. The monoisotopic (exact) mass is 372 g/mol. The van der Waals surface area contributed by atoms with E-state index in [2.05, 4.69) is 25.9 Å². The van der Waals surface area contributed by atoms with Gasteiger partial charge in [-0.3, -0.25) is 4.98 Å². The summed E-state index contributed by atoms with van der Waals surface area (Å²) in [7, 11) is 0. The zero-order valence-corrected chi connectivity index (χ0v) is 13.9. The number of benzene rings is 1. The number of pyridine rings is 1. The van der Waals surface area contributed by atoms with Gasteiger partial charge in [-0.25, -0.2) is 9.78 Å². The highest BCUT2D eigenvalue weighted by atomic mass is 79.9. The number of esters is 1. The van der Waals surface area contributed by atoms with Crippen LogP contribution in [0.15, 0.2) is 57.9 Å². The summed E-state index contributed by atoms with van der Waals surface area (Å²) in [5.41, 5.74) is 2.97. The van der Waals surface area contributed by atoms with Gasteiger partial charge in [-0.05, 0) is 41.1 Å². The number of aryl methyl sites for hydroxylation is 1. The van der Waals surface area contributed by atoms with Gasteiger partial charge in [-0.1, -0.05) is 17.7 Å². The molecule has 116 valence electrons. The first-order chi connectivity index (χ1) is 11.1. The highest BCUT2D eigenvalue weighted by molar-refractivity contribution is 9.10. The average molecular weight is 373 g/mol. The minimum Gasteiger partial charge on any atom is -0.455 e. The van der Waals surface area contributed by atoms with Crippen molar-refractivity contribution >= 4 is 21.9 Å². The molecule has 3 rings (SSSR count). The van der Waals surface area contributed by atoms with Gasteiger partial charge < -0.3 is 9.15 Å². The molecule has 0 amide bonds. The normalized spacial score (nSPS) is 10.5. The second-order valence-corrected chi connectivity index (χ2v) is 5.89. The van der Waals surface area contributed by atoms with Crippen molar-refractivity contribution < 1.29 is 13.9 Å². The maximum Gasteiger partial charge on any atom is 0.340 e. The molecule has 0 aliphatic rings. The number of nitrogens with zero attached hydrogens (tertiary/aromatic N) is 2. The Labute approximate surface area is 141 Å². The van der Waals surface area contributed by atoms with Crippen LogP contribution in [0.25, 0.3) is 11.5 Å². The summed E-state index contributed by atoms with van der Waals surface area (Å²) >= 11 is 3.26. The van der Waals surface area contributed by atoms with E-state index in [4.69, 9.17) is 9.15 Å². The third-order valence-corrected chi connectivity index (χ3v) is 3.58. The summed E-state index contributed by atoms with van der Waals surface area (Å²) < 4.78 is 11.4. The lowest BCUT2D eigenvalue weighted by Crippen LogP contribution is -2.05. The Balaban J connectivity index is 1.65. The Morgan fingerprint density at radius 3 is 2.78 bits per heavy atom. The summed E-state index contributed by atoms with van der Waals surface area (Å²) in [5, 5.41) is 0. The highest BCUT2D eigenvalue weighted by Crippen LogP contribution is 2.19. The summed E-state index contributed by atoms with van der Waals surface area (Å²) in [5.74, 6) is 0.0406. The van der Waals surface area contributed by atoms with Crippen LogP contribution >= 0.6 is 15.9 Å². The Morgan fingerprint density at radius 2 is 2.04 bits per heavy atom. The second-order valence-electron chi connectivity index (χ2n) is 4.98. The number of halogens is 1. The smallest absolute Gasteiger partial charge is 0.340 e. The predicted molar refractivity (Wildman–Crippen MR) is 87.7 cm³/mol. The number of oxazole rings is 1. The van der Waals surface area contributed by atoms with Crippen LogP contribution in [0.3, 0.4) is 0 Å². The van der Waals surface area contributed by atoms with Crippen molar-refractivity contribution in [2.75, 3.05) is 0 Å². The molecular weight excluding hydrogens is 360 g/mol. The first-order valence-electron chi connectivity index (χ1n) is 6.91. The fraction of sp³-hybridized carbons (Fsp3) is 0.118. The van der Waals surface area contributed by atoms with Crippen LogP contribution in [-0.2, 0) is 11.3 Å². The number of rotatable bonds is 4. The Morgan fingerprint density at radius 1 is 1.26 bits per heavy atom. The lowest BCUT2D eigenvalue weighted by atomic mass is 10.1. The molecule has 0 aliphatic heterocycles. The zero-order valence-electron chi connectivity index (χ0n) is 12.3. The fourth-order valence-electron chi connectivity index (χ4n) is 1.95. The number of carbonyl (C=O) groups is 1. The van der Waals surface area contributed by atoms with Crippen LogP contribution in [0.1, 0.15) is 21.6 Å². The molecule has 0 bridgehead atoms. The SMILES string of the molecule is Cc1ccc(-c2nc(COC(=O)c3cncc(Br)c3)co2)cc1. The van der Waals surface area contributed by atoms with E-state index in [1.165, 1.54) is 12.5 Å². The maximum atomic E-state index is 11.9. The van der Waals surface area contributed by atoms with Crippen LogP contribution in [0.2, 0.25) is 0 Å². The van der Waals surface area contributed by atoms with Crippen molar-refractivity contribution in [1.29, 1.82) is 0 Å². The van der Waals surface area contributed by atoms with Gasteiger partial charge in [-0.15, -0.1) is 0 Å². The molecular formula is C17H13BrN2O3. The van der Waals surface area contributed by atoms with Crippen LogP contribution in [0.5, 0.6) is 0 Å². The van der Waals surface area contributed by atoms with Crippen LogP contribution in [-0.4, -0.2) is 15.9 Å². The van der Waals surface area contributed by atoms with Gasteiger partial charge in [-0.2, -0.15) is 0 Å². The van der Waals surface area contributed by atoms with Crippen molar-refractivity contribution in [2.45, 2.75) is 13.5 Å². The molecule has 5 nitrogen and oxygen atoms in total. The molecule has 0 radical (unpaired) electrons. The molecule has 0 fully saturated rings. The van der Waals surface area contributed by atoms with E-state index >= 15 is 0 Å². The van der Waals surface area contributed by atoms with Gasteiger partial charge in [0.25, 0.3) is 0 Å². The van der Waals surface area contributed by atoms with Crippen LogP contribution < -0.4 is 0 Å². The van der Waals surface area contributed by atoms with E-state index in [9.17, 15) is 4.79 Å². The number of carbonyl (C=O) groups excluding carboxylic acids is 1. The topological polar surface area (TPSA) is 65.2 Å². The Bertz CT molecular complexity index is 828. The van der Waals surface area contributed by atoms with E-state index in [1.54, 1.807) is 12.3 Å². The van der Waals surface area contributed by atoms with E-state index in [-0.39, 0.29) is 6.61 Å². The minimum atomic E-state index is -0.460. The molecule has 0 spiro atoms. The second kappa shape index (κ2) is 6.75. The molecule has 0 atom stereocenters. The summed E-state index contributed by atoms with van der Waals surface area (Å²) in [6, 6.07) is 9.49. The molecule has 23 heavy (non-hydrogen) atoms. The lowest BCUT2D eigenvalue weighted by Gasteiger charge is -2.02. The molecule has 0 saturated carbocycles. The van der Waals surface area contributed by atoms with Gasteiger partial charge in [0.1, 0.15) is 18.6 Å². The first-order valence-corrected chi connectivity index (χ1v) is 7.70. The van der Waals surface area contributed by atoms with E-state index in [0.717, 1.165) is 15.6 Å². The standard InChI is InChI=1S/C17H13BrN2O3/c1-11-2-4-12(5-3-11)16-20-15(9-22-16)10-23-17(21)13-6-14(18)8-19-7-13/h2-9H,10H2,1H3. The van der Waals surface area contributed by atoms with Crippen LogP contribution in [0.4, 0.5) is 0 Å². The van der Waals surface area contributed by atoms with Gasteiger partial charge in [0.2, 0.25) is 5.89 Å². The van der Waals surface area contributed by atoms with Gasteiger partial charge in [0.15, 0.2) is 0 Å². The quantitative estimate of drug-likeness (QED) is 0.643. The number of hydrogen-bond donors (Lipinski definition) is 0. The molecule has 1 aromatic carbocycles. The highest BCUT2D eigenvalue weighted by Gasteiger charge is 2.11. The molecule has 0 saturated heterocycles. The molecule has 6 heteroatoms. The molecule has 2 aromatic heterocycles. The lowest BCUT2D eigenvalue weighted by molar-refractivity contribution is 0.0467. The van der Waals surface area contributed by atoms with Crippen molar-refractivity contribution in [3.8, 4) is 11.5 Å². The minimum absolute atomic E-state index is 0.0424. The van der Waals surface area contributed by atoms with Crippen molar-refractivity contribution in [3.63, 3.8) is 0 Å². The Kier molecular flexibility index (Phi) is 4.52. The van der Waals surface area contributed by atoms with Gasteiger partial charge in [0, 0.05) is 22.4 Å². The first kappa shape index (κ1) is 15.4. The zero-order chi connectivity index (χ0) is 16.2. The molecule has 2 heterocycles. The number of hydrogen-bond acceptors (Lipinski definition) is 5. The molecule has 0 unspecified atom stereocenters. The molecule has 3 aromatic rings. The van der Waals surface area contributed by atoms with Gasteiger partial charge in [0.05, 0.1) is 5.56 Å². The molecule has 0 aliphatic carbocycles. The van der Waals surface area contributed by atoms with Crippen molar-refractivity contribution in [3.05, 3.63) is 70.3 Å². The fourth-order valence-corrected chi connectivity index (χ4v) is 2.31. The number of aromatic nitrogens is 2. The third-order valence-electron chi connectivity index (χ3n) is 3.14. The van der Waals surface area contributed by atoms with Crippen molar-refractivity contribution in [2.24, 2.45) is 0 Å². The number of ether oxygens (including phenoxy) is 1. The van der Waals surface area contributed by atoms with Crippen LogP contribution in [0, 0.1) is 6.92 Å². The molecule has 0 N–H and O–H groups in total. The average Bonchev–Trinajstić information content (AvgIpc) is 3.02. The van der Waals surface area contributed by atoms with Gasteiger partial charge >= 0.3 is 5.97 Å². The van der Waals surface area contributed by atoms with Crippen molar-refractivity contribution in [1.82, 2.24) is 9.97 Å². The van der Waals surface area contributed by atoms with E-state index in [0.29, 0.717) is 17.1 Å². The van der Waals surface area contributed by atoms with E-state index in [1.807, 2.05) is 31.2 Å². The summed E-state index contributed by atoms with van der Waals surface area (Å²) in [6.07, 6.45) is 4.54. The maximum absolute atomic E-state index is 11.9. The van der Waals surface area contributed by atoms with E-state index < -0.39 is 5.97 Å². The third kappa shape index (κ3) is 3.84. The summed E-state index contributed by atoms with van der Waals surface area (Å²) in [4.78, 5) is 20.2. The largest absolute Gasteiger partial charge is 0.455 e. The predicted octanol–water partition coefficient (Wildman–Crippen LogP) is 4.16. The Hall–Kier alpha value is -2.47.